The Hall–Kier alpha value is -1.90. The predicted octanol–water partition coefficient (Wildman–Crippen LogP) is 1.46. The van der Waals surface area contributed by atoms with Crippen LogP contribution in [-0.2, 0) is 14.0 Å². The Morgan fingerprint density at radius 2 is 1.96 bits per heavy atom. The minimum Gasteiger partial charge on any atom is -0.465 e. The third-order valence-electron chi connectivity index (χ3n) is 4.44. The van der Waals surface area contributed by atoms with Gasteiger partial charge in [0.05, 0.1) is 24.9 Å². The van der Waals surface area contributed by atoms with Crippen LogP contribution in [0.1, 0.15) is 43.6 Å². The van der Waals surface area contributed by atoms with E-state index in [1.807, 2.05) is 27.7 Å². The highest BCUT2D eigenvalue weighted by atomic mass is 16.7. The number of aliphatic hydroxyl groups is 1. The van der Waals surface area contributed by atoms with Crippen LogP contribution in [0.4, 0.5) is 5.82 Å². The number of nitrogens with zero attached hydrogens (tertiary/aromatic N) is 1. The summed E-state index contributed by atoms with van der Waals surface area (Å²) in [5.74, 6) is -0.489. The summed E-state index contributed by atoms with van der Waals surface area (Å²) in [5.41, 5.74) is 5.94. The zero-order valence-electron chi connectivity index (χ0n) is 14.6. The largest absolute Gasteiger partial charge is 0.492 e. The number of methoxy groups -OCH3 is 1. The number of pyridine rings is 1. The molecule has 1 fully saturated rings. The Morgan fingerprint density at radius 3 is 2.46 bits per heavy atom. The molecule has 1 aliphatic rings. The van der Waals surface area contributed by atoms with E-state index in [0.717, 1.165) is 0 Å². The van der Waals surface area contributed by atoms with Crippen molar-refractivity contribution in [3.8, 4) is 0 Å². The lowest BCUT2D eigenvalue weighted by molar-refractivity contribution is 0.00578. The van der Waals surface area contributed by atoms with Gasteiger partial charge in [-0.2, -0.15) is 0 Å². The second kappa shape index (κ2) is 6.54. The van der Waals surface area contributed by atoms with Crippen molar-refractivity contribution in [3.05, 3.63) is 28.9 Å². The first-order valence-electron chi connectivity index (χ1n) is 7.62. The molecule has 7 nitrogen and oxygen atoms in total. The summed E-state index contributed by atoms with van der Waals surface area (Å²) in [6.07, 6.45) is 3.17. The fourth-order valence-electron chi connectivity index (χ4n) is 2.24. The lowest BCUT2D eigenvalue weighted by atomic mass is 9.77. The standard InChI is InChI=1S/C16H23BN2O5/c1-15(2)16(3,4)24-17(23-15)11(9-20)6-10-7-12(14(21)22-5)13(18)19-8-10/h6-8,20H,9H2,1-5H3,(H2,18,19). The van der Waals surface area contributed by atoms with Gasteiger partial charge in [0, 0.05) is 6.20 Å². The molecule has 0 aromatic carbocycles. The van der Waals surface area contributed by atoms with Crippen molar-refractivity contribution in [1.29, 1.82) is 0 Å². The zero-order valence-corrected chi connectivity index (χ0v) is 14.6. The predicted molar refractivity (Wildman–Crippen MR) is 91.1 cm³/mol. The van der Waals surface area contributed by atoms with Gasteiger partial charge in [-0.25, -0.2) is 9.78 Å². The Bertz CT molecular complexity index is 656. The zero-order chi connectivity index (χ0) is 18.1. The molecule has 2 rings (SSSR count). The van der Waals surface area contributed by atoms with E-state index in [-0.39, 0.29) is 18.0 Å². The monoisotopic (exact) mass is 334 g/mol. The number of aliphatic hydroxyl groups excluding tert-OH is 1. The number of anilines is 1. The number of rotatable bonds is 4. The van der Waals surface area contributed by atoms with Crippen LogP contribution in [0.25, 0.3) is 6.08 Å². The van der Waals surface area contributed by atoms with E-state index in [1.165, 1.54) is 13.3 Å². The molecular weight excluding hydrogens is 311 g/mol. The molecule has 0 amide bonds. The molecule has 130 valence electrons. The Balaban J connectivity index is 2.34. The van der Waals surface area contributed by atoms with Crippen LogP contribution in [0.3, 0.4) is 0 Å². The SMILES string of the molecule is COC(=O)c1cc(C=C(CO)B2OC(C)(C)C(C)(C)O2)cnc1N. The third-order valence-corrected chi connectivity index (χ3v) is 4.44. The first-order chi connectivity index (χ1) is 11.1. The molecule has 0 unspecified atom stereocenters. The van der Waals surface area contributed by atoms with Crippen molar-refractivity contribution in [1.82, 2.24) is 4.98 Å². The molecule has 1 saturated heterocycles. The summed E-state index contributed by atoms with van der Waals surface area (Å²) in [6, 6.07) is 1.55. The molecule has 0 saturated carbocycles. The molecule has 24 heavy (non-hydrogen) atoms. The average molecular weight is 334 g/mol. The van der Waals surface area contributed by atoms with Crippen LogP contribution in [0.15, 0.2) is 17.7 Å². The molecular formula is C16H23BN2O5. The van der Waals surface area contributed by atoms with Gasteiger partial charge in [-0.15, -0.1) is 0 Å². The Labute approximate surface area is 141 Å². The van der Waals surface area contributed by atoms with Crippen molar-refractivity contribution >= 4 is 25.0 Å². The van der Waals surface area contributed by atoms with Crippen LogP contribution in [-0.4, -0.2) is 48.1 Å². The van der Waals surface area contributed by atoms with Gasteiger partial charge in [0.2, 0.25) is 0 Å². The van der Waals surface area contributed by atoms with Gasteiger partial charge in [-0.1, -0.05) is 6.08 Å². The highest BCUT2D eigenvalue weighted by Crippen LogP contribution is 2.38. The van der Waals surface area contributed by atoms with E-state index in [4.69, 9.17) is 15.0 Å². The minimum atomic E-state index is -0.681. The number of carbonyl (C=O) groups excluding carboxylic acids is 1. The van der Waals surface area contributed by atoms with Crippen molar-refractivity contribution in [2.75, 3.05) is 19.5 Å². The van der Waals surface area contributed by atoms with Crippen molar-refractivity contribution in [3.63, 3.8) is 0 Å². The van der Waals surface area contributed by atoms with Crippen molar-refractivity contribution in [2.45, 2.75) is 38.9 Å². The second-order valence-electron chi connectivity index (χ2n) is 6.66. The van der Waals surface area contributed by atoms with Crippen LogP contribution in [0.5, 0.6) is 0 Å². The van der Waals surface area contributed by atoms with Crippen LogP contribution in [0, 0.1) is 0 Å². The van der Waals surface area contributed by atoms with Gasteiger partial charge in [-0.3, -0.25) is 0 Å². The first kappa shape index (κ1) is 18.4. The van der Waals surface area contributed by atoms with Gasteiger partial charge >= 0.3 is 13.1 Å². The smallest absolute Gasteiger partial charge is 0.465 e. The van der Waals surface area contributed by atoms with Crippen LogP contribution < -0.4 is 5.73 Å². The number of hydrogen-bond donors (Lipinski definition) is 2. The minimum absolute atomic E-state index is 0.0835. The number of esters is 1. The second-order valence-corrected chi connectivity index (χ2v) is 6.66. The first-order valence-corrected chi connectivity index (χ1v) is 7.62. The van der Waals surface area contributed by atoms with E-state index in [0.29, 0.717) is 11.0 Å². The fourth-order valence-corrected chi connectivity index (χ4v) is 2.24. The molecule has 0 aliphatic carbocycles. The van der Waals surface area contributed by atoms with Gasteiger partial charge in [0.25, 0.3) is 0 Å². The maximum atomic E-state index is 11.7. The molecule has 0 spiro atoms. The lowest BCUT2D eigenvalue weighted by Gasteiger charge is -2.32. The molecule has 8 heteroatoms. The number of nitrogens with two attached hydrogens (primary N) is 1. The Morgan fingerprint density at radius 1 is 1.38 bits per heavy atom. The van der Waals surface area contributed by atoms with E-state index >= 15 is 0 Å². The highest BCUT2D eigenvalue weighted by Gasteiger charge is 2.52. The third kappa shape index (κ3) is 3.45. The number of ether oxygens (including phenoxy) is 1. The topological polar surface area (TPSA) is 104 Å². The van der Waals surface area contributed by atoms with Gasteiger partial charge < -0.3 is 24.9 Å². The summed E-state index contributed by atoms with van der Waals surface area (Å²) >= 11 is 0. The van der Waals surface area contributed by atoms with Crippen molar-refractivity contribution in [2.24, 2.45) is 0 Å². The number of nitrogen functional groups attached to an aromatic ring is 1. The van der Waals surface area contributed by atoms with Crippen LogP contribution in [0.2, 0.25) is 0 Å². The number of carbonyl (C=O) groups is 1. The van der Waals surface area contributed by atoms with E-state index in [1.54, 1.807) is 12.1 Å². The average Bonchev–Trinajstić information content (AvgIpc) is 2.73. The molecule has 1 aromatic rings. The maximum absolute atomic E-state index is 11.7. The fraction of sp³-hybridized carbons (Fsp3) is 0.500. The summed E-state index contributed by atoms with van der Waals surface area (Å²) in [4.78, 5) is 15.7. The summed E-state index contributed by atoms with van der Waals surface area (Å²) < 4.78 is 16.5. The molecule has 0 atom stereocenters. The number of aromatic nitrogens is 1. The van der Waals surface area contributed by atoms with Gasteiger partial charge in [0.1, 0.15) is 11.4 Å². The Kier molecular flexibility index (Phi) is 5.03. The summed E-state index contributed by atoms with van der Waals surface area (Å²) in [5, 5.41) is 9.70. The lowest BCUT2D eigenvalue weighted by Crippen LogP contribution is -2.41. The quantitative estimate of drug-likeness (QED) is 0.634. The molecule has 0 radical (unpaired) electrons. The molecule has 1 aromatic heterocycles. The van der Waals surface area contributed by atoms with Crippen LogP contribution >= 0.6 is 0 Å². The maximum Gasteiger partial charge on any atom is 0.492 e. The van der Waals surface area contributed by atoms with E-state index in [2.05, 4.69) is 9.72 Å². The molecule has 0 bridgehead atoms. The normalized spacial score (nSPS) is 19.4. The van der Waals surface area contributed by atoms with E-state index in [9.17, 15) is 9.90 Å². The molecule has 1 aliphatic heterocycles. The number of hydrogen-bond acceptors (Lipinski definition) is 7. The summed E-state index contributed by atoms with van der Waals surface area (Å²) in [6.45, 7) is 7.48. The molecule has 2 heterocycles. The van der Waals surface area contributed by atoms with E-state index < -0.39 is 24.3 Å². The van der Waals surface area contributed by atoms with Gasteiger partial charge in [0.15, 0.2) is 0 Å². The van der Waals surface area contributed by atoms with Gasteiger partial charge in [-0.05, 0) is 44.8 Å². The summed E-state index contributed by atoms with van der Waals surface area (Å²) in [7, 11) is 0.590. The van der Waals surface area contributed by atoms with Crippen molar-refractivity contribution < 1.29 is 23.9 Å². The molecule has 3 N–H and O–H groups in total. The highest BCUT2D eigenvalue weighted by molar-refractivity contribution is 6.55.